The molecule has 1 aliphatic rings. The van der Waals surface area contributed by atoms with Crippen molar-refractivity contribution in [2.45, 2.75) is 29.7 Å². The molecule has 2 atom stereocenters. The number of thioether (sulfide) groups is 1. The van der Waals surface area contributed by atoms with Crippen molar-refractivity contribution in [3.8, 4) is 0 Å². The molecule has 0 bridgehead atoms. The predicted octanol–water partition coefficient (Wildman–Crippen LogP) is 3.47. The number of alkyl halides is 1. The molecule has 0 spiro atoms. The largest absolute Gasteiger partial charge is 0.252 e. The standard InChI is InChI=1S/C13H14ClN3S/c1-9(14)12-7-17(16-15-12)6-10-8-18-13-5-3-2-4-11(10)13/h2-5,7,9-10H,6,8H2,1H3. The topological polar surface area (TPSA) is 30.7 Å². The normalized spacial score (nSPS) is 19.8. The molecule has 18 heavy (non-hydrogen) atoms. The smallest absolute Gasteiger partial charge is 0.100 e. The summed E-state index contributed by atoms with van der Waals surface area (Å²) in [5.41, 5.74) is 2.27. The lowest BCUT2D eigenvalue weighted by Gasteiger charge is -2.09. The first-order valence-electron chi connectivity index (χ1n) is 6.00. The highest BCUT2D eigenvalue weighted by Crippen LogP contribution is 2.39. The van der Waals surface area contributed by atoms with Gasteiger partial charge in [0.15, 0.2) is 0 Å². The molecule has 0 fully saturated rings. The molecule has 0 aliphatic carbocycles. The molecule has 2 heterocycles. The van der Waals surface area contributed by atoms with E-state index in [1.165, 1.54) is 10.5 Å². The Morgan fingerprint density at radius 1 is 1.50 bits per heavy atom. The molecule has 0 saturated heterocycles. The van der Waals surface area contributed by atoms with Crippen molar-refractivity contribution in [2.75, 3.05) is 5.75 Å². The van der Waals surface area contributed by atoms with Gasteiger partial charge < -0.3 is 0 Å². The minimum absolute atomic E-state index is 0.0796. The number of benzene rings is 1. The van der Waals surface area contributed by atoms with E-state index in [0.717, 1.165) is 18.0 Å². The average Bonchev–Trinajstić information content (AvgIpc) is 2.98. The molecule has 94 valence electrons. The van der Waals surface area contributed by atoms with Crippen molar-refractivity contribution in [3.63, 3.8) is 0 Å². The van der Waals surface area contributed by atoms with Crippen molar-refractivity contribution in [1.29, 1.82) is 0 Å². The summed E-state index contributed by atoms with van der Waals surface area (Å²) in [4.78, 5) is 1.40. The number of fused-ring (bicyclic) bond motifs is 1. The average molecular weight is 280 g/mol. The summed E-state index contributed by atoms with van der Waals surface area (Å²) in [6.07, 6.45) is 1.95. The molecule has 5 heteroatoms. The number of rotatable bonds is 3. The Hall–Kier alpha value is -1.00. The third kappa shape index (κ3) is 2.27. The van der Waals surface area contributed by atoms with Gasteiger partial charge in [0.2, 0.25) is 0 Å². The van der Waals surface area contributed by atoms with Crippen LogP contribution in [-0.4, -0.2) is 20.7 Å². The van der Waals surface area contributed by atoms with E-state index in [-0.39, 0.29) is 5.38 Å². The highest BCUT2D eigenvalue weighted by Gasteiger charge is 2.23. The summed E-state index contributed by atoms with van der Waals surface area (Å²) in [5.74, 6) is 1.64. The second-order valence-corrected chi connectivity index (χ2v) is 6.24. The lowest BCUT2D eigenvalue weighted by atomic mass is 10.0. The number of nitrogens with zero attached hydrogens (tertiary/aromatic N) is 3. The quantitative estimate of drug-likeness (QED) is 0.806. The second kappa shape index (κ2) is 4.94. The first kappa shape index (κ1) is 12.1. The summed E-state index contributed by atoms with van der Waals surface area (Å²) in [7, 11) is 0. The van der Waals surface area contributed by atoms with Gasteiger partial charge in [-0.15, -0.1) is 28.5 Å². The van der Waals surface area contributed by atoms with E-state index >= 15 is 0 Å². The molecular weight excluding hydrogens is 266 g/mol. The zero-order valence-electron chi connectivity index (χ0n) is 10.1. The van der Waals surface area contributed by atoms with Crippen LogP contribution in [0.3, 0.4) is 0 Å². The zero-order valence-corrected chi connectivity index (χ0v) is 11.7. The predicted molar refractivity (Wildman–Crippen MR) is 74.2 cm³/mol. The van der Waals surface area contributed by atoms with E-state index in [9.17, 15) is 0 Å². The van der Waals surface area contributed by atoms with Crippen LogP contribution in [0.2, 0.25) is 0 Å². The molecule has 3 nitrogen and oxygen atoms in total. The lowest BCUT2D eigenvalue weighted by Crippen LogP contribution is -2.09. The summed E-state index contributed by atoms with van der Waals surface area (Å²) >= 11 is 7.91. The summed E-state index contributed by atoms with van der Waals surface area (Å²) < 4.78 is 1.90. The maximum Gasteiger partial charge on any atom is 0.100 e. The Labute approximate surface area is 116 Å². The Morgan fingerprint density at radius 3 is 3.11 bits per heavy atom. The van der Waals surface area contributed by atoms with Crippen LogP contribution in [0.5, 0.6) is 0 Å². The zero-order chi connectivity index (χ0) is 12.5. The van der Waals surface area contributed by atoms with Gasteiger partial charge in [0.25, 0.3) is 0 Å². The highest BCUT2D eigenvalue weighted by atomic mass is 35.5. The van der Waals surface area contributed by atoms with E-state index in [0.29, 0.717) is 5.92 Å². The lowest BCUT2D eigenvalue weighted by molar-refractivity contribution is 0.532. The maximum atomic E-state index is 5.99. The summed E-state index contributed by atoms with van der Waals surface area (Å²) in [6, 6.07) is 8.60. The fourth-order valence-corrected chi connectivity index (χ4v) is 3.53. The summed E-state index contributed by atoms with van der Waals surface area (Å²) in [6.45, 7) is 2.79. The van der Waals surface area contributed by atoms with E-state index in [2.05, 4.69) is 34.6 Å². The van der Waals surface area contributed by atoms with Gasteiger partial charge in [-0.3, -0.25) is 4.68 Å². The first-order valence-corrected chi connectivity index (χ1v) is 7.42. The fraction of sp³-hybridized carbons (Fsp3) is 0.385. The van der Waals surface area contributed by atoms with Gasteiger partial charge in [0.1, 0.15) is 5.69 Å². The fourth-order valence-electron chi connectivity index (χ4n) is 2.19. The molecule has 0 radical (unpaired) electrons. The number of hydrogen-bond acceptors (Lipinski definition) is 3. The van der Waals surface area contributed by atoms with Crippen LogP contribution in [0, 0.1) is 0 Å². The second-order valence-electron chi connectivity index (χ2n) is 4.53. The molecule has 1 aromatic carbocycles. The van der Waals surface area contributed by atoms with Gasteiger partial charge in [-0.1, -0.05) is 23.4 Å². The molecule has 1 aromatic heterocycles. The van der Waals surface area contributed by atoms with Crippen LogP contribution in [-0.2, 0) is 6.54 Å². The Bertz CT molecular complexity index is 553. The van der Waals surface area contributed by atoms with Gasteiger partial charge in [-0.05, 0) is 18.6 Å². The molecule has 1 aliphatic heterocycles. The van der Waals surface area contributed by atoms with Gasteiger partial charge in [-0.2, -0.15) is 0 Å². The minimum Gasteiger partial charge on any atom is -0.252 e. The van der Waals surface area contributed by atoms with Crippen LogP contribution in [0.4, 0.5) is 0 Å². The number of hydrogen-bond donors (Lipinski definition) is 0. The van der Waals surface area contributed by atoms with Crippen molar-refractivity contribution >= 4 is 23.4 Å². The molecule has 2 unspecified atom stereocenters. The van der Waals surface area contributed by atoms with Crippen LogP contribution in [0.1, 0.15) is 29.5 Å². The SMILES string of the molecule is CC(Cl)c1cn(CC2CSc3ccccc32)nn1. The minimum atomic E-state index is -0.0796. The first-order chi connectivity index (χ1) is 8.74. The third-order valence-electron chi connectivity index (χ3n) is 3.17. The maximum absolute atomic E-state index is 5.99. The van der Waals surface area contributed by atoms with Crippen LogP contribution in [0.15, 0.2) is 35.4 Å². The molecule has 0 saturated carbocycles. The highest BCUT2D eigenvalue weighted by molar-refractivity contribution is 7.99. The van der Waals surface area contributed by atoms with E-state index in [1.54, 1.807) is 0 Å². The molecule has 2 aromatic rings. The molecule has 3 rings (SSSR count). The van der Waals surface area contributed by atoms with E-state index < -0.39 is 0 Å². The van der Waals surface area contributed by atoms with Gasteiger partial charge in [0.05, 0.1) is 11.9 Å². The van der Waals surface area contributed by atoms with Crippen LogP contribution >= 0.6 is 23.4 Å². The Kier molecular flexibility index (Phi) is 3.31. The van der Waals surface area contributed by atoms with Crippen molar-refractivity contribution < 1.29 is 0 Å². The van der Waals surface area contributed by atoms with Crippen molar-refractivity contribution in [3.05, 3.63) is 41.7 Å². The Morgan fingerprint density at radius 2 is 2.33 bits per heavy atom. The third-order valence-corrected chi connectivity index (χ3v) is 4.65. The van der Waals surface area contributed by atoms with Crippen LogP contribution in [0.25, 0.3) is 0 Å². The van der Waals surface area contributed by atoms with Gasteiger partial charge in [0, 0.05) is 22.8 Å². The van der Waals surface area contributed by atoms with E-state index in [1.807, 2.05) is 29.6 Å². The Balaban J connectivity index is 1.78. The van der Waals surface area contributed by atoms with E-state index in [4.69, 9.17) is 11.6 Å². The van der Waals surface area contributed by atoms with Gasteiger partial charge >= 0.3 is 0 Å². The summed E-state index contributed by atoms with van der Waals surface area (Å²) in [5, 5.41) is 8.16. The van der Waals surface area contributed by atoms with Crippen molar-refractivity contribution in [1.82, 2.24) is 15.0 Å². The van der Waals surface area contributed by atoms with Crippen molar-refractivity contribution in [2.24, 2.45) is 0 Å². The molecule has 0 N–H and O–H groups in total. The molecule has 0 amide bonds. The van der Waals surface area contributed by atoms with Gasteiger partial charge in [-0.25, -0.2) is 0 Å². The number of aromatic nitrogens is 3. The van der Waals surface area contributed by atoms with Crippen LogP contribution < -0.4 is 0 Å². The monoisotopic (exact) mass is 279 g/mol. The molecular formula is C13H14ClN3S. The number of halogens is 1.